The molecule has 0 atom stereocenters. The number of hydrogen-bond acceptors (Lipinski definition) is 4. The van der Waals surface area contributed by atoms with Gasteiger partial charge in [-0.05, 0) is 38.1 Å². The minimum atomic E-state index is -3.96. The fourth-order valence-electron chi connectivity index (χ4n) is 1.73. The molecule has 19 heavy (non-hydrogen) atoms. The third kappa shape index (κ3) is 2.64. The van der Waals surface area contributed by atoms with Crippen LogP contribution in [0.3, 0.4) is 0 Å². The van der Waals surface area contributed by atoms with Crippen LogP contribution < -0.4 is 5.14 Å². The van der Waals surface area contributed by atoms with Crippen molar-refractivity contribution in [3.8, 4) is 11.4 Å². The number of halogens is 1. The lowest BCUT2D eigenvalue weighted by atomic mass is 10.2. The van der Waals surface area contributed by atoms with E-state index in [-0.39, 0.29) is 17.0 Å². The molecule has 0 radical (unpaired) electrons. The fourth-order valence-corrected chi connectivity index (χ4v) is 2.46. The molecule has 0 aliphatic rings. The standard InChI is InChI=1S/C11H13FN4O2S/c1-7(2)16-10(8-3-5-9(12)6-4-8)14-15-11(16)19(13,17)18/h3-7H,1-2H3,(H2,13,17,18). The van der Waals surface area contributed by atoms with Crippen LogP contribution in [0.15, 0.2) is 29.4 Å². The molecule has 1 aromatic carbocycles. The van der Waals surface area contributed by atoms with Crippen molar-refractivity contribution < 1.29 is 12.8 Å². The number of nitrogens with zero attached hydrogens (tertiary/aromatic N) is 3. The topological polar surface area (TPSA) is 90.9 Å². The lowest BCUT2D eigenvalue weighted by molar-refractivity contribution is 0.524. The first kappa shape index (κ1) is 13.6. The average Bonchev–Trinajstić information content (AvgIpc) is 2.74. The highest BCUT2D eigenvalue weighted by Gasteiger charge is 2.23. The molecule has 0 aliphatic carbocycles. The van der Waals surface area contributed by atoms with Crippen LogP contribution in [0.2, 0.25) is 0 Å². The van der Waals surface area contributed by atoms with Crippen LogP contribution in [0.25, 0.3) is 11.4 Å². The van der Waals surface area contributed by atoms with Crippen LogP contribution in [0.4, 0.5) is 4.39 Å². The zero-order chi connectivity index (χ0) is 14.2. The molecule has 0 fully saturated rings. The molecule has 2 rings (SSSR count). The maximum absolute atomic E-state index is 12.9. The summed E-state index contributed by atoms with van der Waals surface area (Å²) >= 11 is 0. The van der Waals surface area contributed by atoms with Gasteiger partial charge in [-0.3, -0.25) is 4.57 Å². The van der Waals surface area contributed by atoms with Crippen molar-refractivity contribution in [2.24, 2.45) is 5.14 Å². The maximum atomic E-state index is 12.9. The van der Waals surface area contributed by atoms with Gasteiger partial charge >= 0.3 is 0 Å². The molecular weight excluding hydrogens is 271 g/mol. The van der Waals surface area contributed by atoms with Crippen molar-refractivity contribution in [2.45, 2.75) is 25.0 Å². The quantitative estimate of drug-likeness (QED) is 0.920. The highest BCUT2D eigenvalue weighted by Crippen LogP contribution is 2.24. The molecule has 0 saturated carbocycles. The zero-order valence-corrected chi connectivity index (χ0v) is 11.2. The van der Waals surface area contributed by atoms with Crippen LogP contribution in [0.5, 0.6) is 0 Å². The number of sulfonamides is 1. The van der Waals surface area contributed by atoms with E-state index in [4.69, 9.17) is 5.14 Å². The van der Waals surface area contributed by atoms with E-state index in [0.717, 1.165) is 0 Å². The van der Waals surface area contributed by atoms with Crippen molar-refractivity contribution in [3.63, 3.8) is 0 Å². The predicted octanol–water partition coefficient (Wildman–Crippen LogP) is 1.31. The summed E-state index contributed by atoms with van der Waals surface area (Å²) < 4.78 is 37.2. The molecule has 102 valence electrons. The highest BCUT2D eigenvalue weighted by molar-refractivity contribution is 7.89. The summed E-state index contributed by atoms with van der Waals surface area (Å²) in [6.45, 7) is 3.57. The van der Waals surface area contributed by atoms with E-state index in [1.54, 1.807) is 13.8 Å². The molecule has 0 aliphatic heterocycles. The molecule has 0 amide bonds. The van der Waals surface area contributed by atoms with Gasteiger partial charge in [0.15, 0.2) is 5.82 Å². The summed E-state index contributed by atoms with van der Waals surface area (Å²) in [5.41, 5.74) is 0.567. The molecule has 2 aromatic rings. The van der Waals surface area contributed by atoms with Gasteiger partial charge in [0.05, 0.1) is 0 Å². The largest absolute Gasteiger partial charge is 0.294 e. The summed E-state index contributed by atoms with van der Waals surface area (Å²) in [6.07, 6.45) is 0. The Labute approximate surface area is 110 Å². The molecule has 1 aromatic heterocycles. The van der Waals surface area contributed by atoms with Crippen LogP contribution in [-0.2, 0) is 10.0 Å². The summed E-state index contributed by atoms with van der Waals surface area (Å²) in [4.78, 5) is 0. The van der Waals surface area contributed by atoms with E-state index >= 15 is 0 Å². The first-order valence-electron chi connectivity index (χ1n) is 5.54. The lowest BCUT2D eigenvalue weighted by Gasteiger charge is -2.12. The van der Waals surface area contributed by atoms with Gasteiger partial charge in [0.25, 0.3) is 15.2 Å². The summed E-state index contributed by atoms with van der Waals surface area (Å²) in [5.74, 6) is -0.0509. The van der Waals surface area contributed by atoms with Crippen LogP contribution >= 0.6 is 0 Å². The fraction of sp³-hybridized carbons (Fsp3) is 0.273. The number of hydrogen-bond donors (Lipinski definition) is 1. The zero-order valence-electron chi connectivity index (χ0n) is 10.4. The first-order valence-corrected chi connectivity index (χ1v) is 7.09. The van der Waals surface area contributed by atoms with Gasteiger partial charge < -0.3 is 0 Å². The van der Waals surface area contributed by atoms with E-state index < -0.39 is 10.0 Å². The highest BCUT2D eigenvalue weighted by atomic mass is 32.2. The minimum absolute atomic E-state index is 0.205. The number of primary sulfonamides is 1. The Morgan fingerprint density at radius 3 is 2.26 bits per heavy atom. The first-order chi connectivity index (χ1) is 8.80. The van der Waals surface area contributed by atoms with E-state index in [1.165, 1.54) is 28.8 Å². The van der Waals surface area contributed by atoms with E-state index in [0.29, 0.717) is 11.4 Å². The summed E-state index contributed by atoms with van der Waals surface area (Å²) in [7, 11) is -3.96. The Morgan fingerprint density at radius 2 is 1.79 bits per heavy atom. The van der Waals surface area contributed by atoms with Crippen molar-refractivity contribution >= 4 is 10.0 Å². The minimum Gasteiger partial charge on any atom is -0.294 e. The Kier molecular flexibility index (Phi) is 3.38. The Morgan fingerprint density at radius 1 is 1.21 bits per heavy atom. The molecule has 6 nitrogen and oxygen atoms in total. The van der Waals surface area contributed by atoms with Gasteiger partial charge in [-0.2, -0.15) is 0 Å². The number of benzene rings is 1. The van der Waals surface area contributed by atoms with Crippen molar-refractivity contribution in [3.05, 3.63) is 30.1 Å². The summed E-state index contributed by atoms with van der Waals surface area (Å²) in [5, 5.41) is 12.2. The third-order valence-corrected chi connectivity index (χ3v) is 3.33. The second kappa shape index (κ2) is 4.71. The number of nitrogens with two attached hydrogens (primary N) is 1. The van der Waals surface area contributed by atoms with Gasteiger partial charge in [-0.1, -0.05) is 0 Å². The van der Waals surface area contributed by atoms with Gasteiger partial charge in [-0.15, -0.1) is 10.2 Å². The molecular formula is C11H13FN4O2S. The van der Waals surface area contributed by atoms with E-state index in [2.05, 4.69) is 10.2 Å². The Balaban J connectivity index is 2.65. The summed E-state index contributed by atoms with van der Waals surface area (Å²) in [6, 6.07) is 5.34. The van der Waals surface area contributed by atoms with Gasteiger partial charge in [-0.25, -0.2) is 17.9 Å². The second-order valence-electron chi connectivity index (χ2n) is 4.32. The van der Waals surface area contributed by atoms with Gasteiger partial charge in [0, 0.05) is 11.6 Å². The van der Waals surface area contributed by atoms with Gasteiger partial charge in [0.1, 0.15) is 5.82 Å². The monoisotopic (exact) mass is 284 g/mol. The molecule has 1 heterocycles. The van der Waals surface area contributed by atoms with E-state index in [9.17, 15) is 12.8 Å². The predicted molar refractivity (Wildman–Crippen MR) is 67.2 cm³/mol. The van der Waals surface area contributed by atoms with Gasteiger partial charge in [0.2, 0.25) is 0 Å². The lowest BCUT2D eigenvalue weighted by Crippen LogP contribution is -2.20. The normalized spacial score (nSPS) is 12.1. The SMILES string of the molecule is CC(C)n1c(-c2ccc(F)cc2)nnc1S(N)(=O)=O. The van der Waals surface area contributed by atoms with Crippen LogP contribution in [0.1, 0.15) is 19.9 Å². The molecule has 0 bridgehead atoms. The van der Waals surface area contributed by atoms with Crippen molar-refractivity contribution in [1.82, 2.24) is 14.8 Å². The molecule has 2 N–H and O–H groups in total. The average molecular weight is 284 g/mol. The van der Waals surface area contributed by atoms with Crippen LogP contribution in [0, 0.1) is 5.82 Å². The smallest absolute Gasteiger partial charge is 0.273 e. The Hall–Kier alpha value is -1.80. The molecule has 0 spiro atoms. The number of rotatable bonds is 3. The second-order valence-corrected chi connectivity index (χ2v) is 5.78. The molecule has 0 saturated heterocycles. The molecule has 0 unspecified atom stereocenters. The van der Waals surface area contributed by atoms with Crippen molar-refractivity contribution in [2.75, 3.05) is 0 Å². The van der Waals surface area contributed by atoms with Crippen LogP contribution in [-0.4, -0.2) is 23.2 Å². The third-order valence-electron chi connectivity index (χ3n) is 2.54. The molecule has 8 heteroatoms. The van der Waals surface area contributed by atoms with E-state index in [1.807, 2.05) is 0 Å². The van der Waals surface area contributed by atoms with Crippen molar-refractivity contribution in [1.29, 1.82) is 0 Å². The number of aromatic nitrogens is 3. The maximum Gasteiger partial charge on any atom is 0.273 e. The Bertz CT molecular complexity index is 692.